The molecule has 0 bridgehead atoms. The molecule has 0 fully saturated rings. The number of allylic oxidation sites excluding steroid dienone is 7. The van der Waals surface area contributed by atoms with Gasteiger partial charge in [-0.05, 0) is 89.9 Å². The molecule has 2 unspecified atom stereocenters. The largest absolute Gasteiger partial charge is 0.466 e. The maximum Gasteiger partial charge on any atom is 0.305 e. The van der Waals surface area contributed by atoms with E-state index < -0.39 is 12.1 Å². The average molecular weight is 1120 g/mol. The van der Waals surface area contributed by atoms with E-state index in [2.05, 4.69) is 55.6 Å². The number of nitrogens with one attached hydrogen (secondary N) is 1. The van der Waals surface area contributed by atoms with Gasteiger partial charge in [-0.15, -0.1) is 0 Å². The van der Waals surface area contributed by atoms with Gasteiger partial charge in [-0.25, -0.2) is 0 Å². The van der Waals surface area contributed by atoms with Crippen molar-refractivity contribution in [2.75, 3.05) is 13.2 Å². The molecule has 0 aliphatic rings. The fraction of sp³-hybridized carbons (Fsp3) is 0.865. The third-order valence-corrected chi connectivity index (χ3v) is 16.6. The van der Waals surface area contributed by atoms with Crippen molar-refractivity contribution in [2.45, 2.75) is 398 Å². The zero-order valence-corrected chi connectivity index (χ0v) is 53.8. The van der Waals surface area contributed by atoms with Gasteiger partial charge in [0.25, 0.3) is 0 Å². The lowest BCUT2D eigenvalue weighted by atomic mass is 10.0. The summed E-state index contributed by atoms with van der Waals surface area (Å²) in [6.45, 7) is 4.91. The van der Waals surface area contributed by atoms with Gasteiger partial charge in [0.05, 0.1) is 25.4 Å². The van der Waals surface area contributed by atoms with Crippen LogP contribution in [-0.4, -0.2) is 47.4 Å². The van der Waals surface area contributed by atoms with Gasteiger partial charge in [0, 0.05) is 12.8 Å². The molecule has 6 nitrogen and oxygen atoms in total. The molecule has 0 aliphatic heterocycles. The minimum Gasteiger partial charge on any atom is -0.466 e. The first-order valence-corrected chi connectivity index (χ1v) is 35.9. The van der Waals surface area contributed by atoms with Gasteiger partial charge in [0.15, 0.2) is 0 Å². The van der Waals surface area contributed by atoms with E-state index in [1.165, 1.54) is 308 Å². The van der Waals surface area contributed by atoms with Crippen LogP contribution in [0.25, 0.3) is 0 Å². The van der Waals surface area contributed by atoms with E-state index in [0.29, 0.717) is 19.4 Å². The molecular weight excluding hydrogens is 983 g/mol. The number of hydrogen-bond donors (Lipinski definition) is 3. The summed E-state index contributed by atoms with van der Waals surface area (Å²) in [6.07, 6.45) is 90.6. The summed E-state index contributed by atoms with van der Waals surface area (Å²) in [6, 6.07) is -0.626. The summed E-state index contributed by atoms with van der Waals surface area (Å²) < 4.78 is 5.50. The Labute approximate surface area is 499 Å². The quantitative estimate of drug-likeness (QED) is 0.0320. The molecule has 0 aliphatic carbocycles. The third-order valence-electron chi connectivity index (χ3n) is 16.6. The van der Waals surface area contributed by atoms with Crippen LogP contribution >= 0.6 is 0 Å². The number of aliphatic hydroxyl groups excluding tert-OH is 2. The second-order valence-electron chi connectivity index (χ2n) is 24.6. The van der Waals surface area contributed by atoms with Gasteiger partial charge in [-0.3, -0.25) is 9.59 Å². The van der Waals surface area contributed by atoms with Crippen LogP contribution in [0.1, 0.15) is 386 Å². The number of aliphatic hydroxyl groups is 2. The minimum atomic E-state index is -0.843. The fourth-order valence-electron chi connectivity index (χ4n) is 11.1. The molecule has 0 spiro atoms. The van der Waals surface area contributed by atoms with Gasteiger partial charge in [-0.1, -0.05) is 332 Å². The van der Waals surface area contributed by atoms with Crippen LogP contribution < -0.4 is 5.32 Å². The second-order valence-corrected chi connectivity index (χ2v) is 24.6. The molecule has 0 aromatic rings. The number of esters is 1. The zero-order chi connectivity index (χ0) is 57.8. The van der Waals surface area contributed by atoms with E-state index >= 15 is 0 Å². The Bertz CT molecular complexity index is 1340. The smallest absolute Gasteiger partial charge is 0.305 e. The molecule has 0 saturated heterocycles. The first-order chi connectivity index (χ1) is 39.5. The lowest BCUT2D eigenvalue weighted by Gasteiger charge is -2.20. The third kappa shape index (κ3) is 65.0. The predicted molar refractivity (Wildman–Crippen MR) is 352 cm³/mol. The molecule has 0 aromatic carbocycles. The normalized spacial score (nSPS) is 12.8. The highest BCUT2D eigenvalue weighted by atomic mass is 16.5. The van der Waals surface area contributed by atoms with Gasteiger partial charge in [-0.2, -0.15) is 0 Å². The monoisotopic (exact) mass is 1120 g/mol. The highest BCUT2D eigenvalue weighted by Crippen LogP contribution is 2.18. The van der Waals surface area contributed by atoms with Crippen LogP contribution in [-0.2, 0) is 14.3 Å². The zero-order valence-electron chi connectivity index (χ0n) is 53.8. The maximum atomic E-state index is 12.5. The Morgan fingerprint density at radius 2 is 0.625 bits per heavy atom. The molecule has 0 radical (unpaired) electrons. The number of amides is 1. The van der Waals surface area contributed by atoms with E-state index in [4.69, 9.17) is 4.74 Å². The molecule has 80 heavy (non-hydrogen) atoms. The van der Waals surface area contributed by atoms with Gasteiger partial charge in [0.2, 0.25) is 5.91 Å². The first-order valence-electron chi connectivity index (χ1n) is 35.9. The Morgan fingerprint density at radius 3 is 0.963 bits per heavy atom. The van der Waals surface area contributed by atoms with Crippen molar-refractivity contribution in [3.63, 3.8) is 0 Å². The molecular formula is C74H139NO5. The Kier molecular flexibility index (Phi) is 67.4. The summed E-state index contributed by atoms with van der Waals surface area (Å²) in [7, 11) is 0. The van der Waals surface area contributed by atoms with Crippen molar-refractivity contribution in [2.24, 2.45) is 0 Å². The van der Waals surface area contributed by atoms with Crippen molar-refractivity contribution in [1.82, 2.24) is 5.32 Å². The van der Waals surface area contributed by atoms with Crippen molar-refractivity contribution in [3.05, 3.63) is 48.6 Å². The molecule has 6 heteroatoms. The van der Waals surface area contributed by atoms with Gasteiger partial charge >= 0.3 is 5.97 Å². The Hall–Kier alpha value is -2.18. The average Bonchev–Trinajstić information content (AvgIpc) is 3.46. The summed E-state index contributed by atoms with van der Waals surface area (Å²) in [5.41, 5.74) is 0. The summed E-state index contributed by atoms with van der Waals surface area (Å²) >= 11 is 0. The molecule has 470 valence electrons. The van der Waals surface area contributed by atoms with E-state index in [-0.39, 0.29) is 18.5 Å². The number of rotatable bonds is 67. The van der Waals surface area contributed by atoms with Crippen LogP contribution in [0.5, 0.6) is 0 Å². The summed E-state index contributed by atoms with van der Waals surface area (Å²) in [4.78, 5) is 24.6. The Balaban J connectivity index is 3.38. The molecule has 0 heterocycles. The molecule has 0 saturated carbocycles. The van der Waals surface area contributed by atoms with Crippen LogP contribution in [0.3, 0.4) is 0 Å². The molecule has 0 aromatic heterocycles. The van der Waals surface area contributed by atoms with Crippen LogP contribution in [0.4, 0.5) is 0 Å². The lowest BCUT2D eigenvalue weighted by molar-refractivity contribution is -0.143. The molecule has 2 atom stereocenters. The van der Waals surface area contributed by atoms with Crippen molar-refractivity contribution >= 4 is 11.9 Å². The van der Waals surface area contributed by atoms with Crippen LogP contribution in [0, 0.1) is 0 Å². The van der Waals surface area contributed by atoms with Crippen molar-refractivity contribution < 1.29 is 24.5 Å². The second kappa shape index (κ2) is 69.3. The number of carbonyl (C=O) groups is 2. The summed E-state index contributed by atoms with van der Waals surface area (Å²) in [5.74, 6) is -0.0545. The highest BCUT2D eigenvalue weighted by molar-refractivity contribution is 5.76. The number of hydrogen-bond acceptors (Lipinski definition) is 5. The van der Waals surface area contributed by atoms with E-state index in [9.17, 15) is 19.8 Å². The van der Waals surface area contributed by atoms with Crippen LogP contribution in [0.15, 0.2) is 48.6 Å². The molecule has 3 N–H and O–H groups in total. The van der Waals surface area contributed by atoms with E-state index in [1.54, 1.807) is 6.08 Å². The van der Waals surface area contributed by atoms with Crippen molar-refractivity contribution in [3.8, 4) is 0 Å². The standard InChI is InChI=1S/C74H139NO5/c1-3-5-7-9-11-13-15-17-18-36-40-44-48-52-56-60-64-68-74(79)80-69-65-61-57-53-49-45-41-38-35-33-31-29-27-25-23-21-19-20-22-24-26-28-30-32-34-37-39-43-47-51-55-59-63-67-73(78)75-71(70-76)72(77)66-62-58-54-50-46-42-16-14-12-10-8-6-4-2/h17-18,23,25,29,31,62,66,71-72,76-77H,3-16,19-22,24,26-28,30,32-61,63-65,67-70H2,1-2H3,(H,75,78)/b18-17-,25-23-,31-29-,66-62+. The maximum absolute atomic E-state index is 12.5. The first kappa shape index (κ1) is 77.8. The number of ether oxygens (including phenoxy) is 1. The van der Waals surface area contributed by atoms with Crippen LogP contribution in [0.2, 0.25) is 0 Å². The fourth-order valence-corrected chi connectivity index (χ4v) is 11.1. The van der Waals surface area contributed by atoms with E-state index in [1.807, 2.05) is 6.08 Å². The summed E-state index contributed by atoms with van der Waals surface area (Å²) in [5, 5.41) is 23.1. The number of unbranched alkanes of at least 4 members (excludes halogenated alkanes) is 50. The van der Waals surface area contributed by atoms with Gasteiger partial charge < -0.3 is 20.3 Å². The highest BCUT2D eigenvalue weighted by Gasteiger charge is 2.18. The minimum absolute atomic E-state index is 0.0107. The van der Waals surface area contributed by atoms with Gasteiger partial charge in [0.1, 0.15) is 0 Å². The lowest BCUT2D eigenvalue weighted by Crippen LogP contribution is -2.45. The predicted octanol–water partition coefficient (Wildman–Crippen LogP) is 23.3. The molecule has 1 amide bonds. The topological polar surface area (TPSA) is 95.9 Å². The molecule has 0 rings (SSSR count). The number of carbonyl (C=O) groups excluding carboxylic acids is 2. The van der Waals surface area contributed by atoms with Crippen molar-refractivity contribution in [1.29, 1.82) is 0 Å². The SMILES string of the molecule is CCCCCCCC/C=C\CCCCCCCCCC(=O)OCCCCCCCCCCC/C=C\C/C=C\CCCCCCCCCCCCCCCCCCCC(=O)NC(CO)C(O)/C=C/CCCCCCCCCCCCC. The Morgan fingerprint density at radius 1 is 0.350 bits per heavy atom. The van der Waals surface area contributed by atoms with E-state index in [0.717, 1.165) is 51.4 Å².